The summed E-state index contributed by atoms with van der Waals surface area (Å²) in [6.45, 7) is 2.57. The number of rotatable bonds is 10. The largest absolute Gasteiger partial charge is 0.379 e. The molecule has 0 aromatic heterocycles. The van der Waals surface area contributed by atoms with Crippen LogP contribution in [0.5, 0.6) is 0 Å². The summed E-state index contributed by atoms with van der Waals surface area (Å²) in [5.41, 5.74) is 0. The zero-order valence-electron chi connectivity index (χ0n) is 10.8. The van der Waals surface area contributed by atoms with Crippen LogP contribution in [0.1, 0.15) is 57.8 Å². The molecule has 1 aliphatic heterocycles. The maximum atomic E-state index is 8.38. The van der Waals surface area contributed by atoms with Gasteiger partial charge in [0.15, 0.2) is 0 Å². The summed E-state index contributed by atoms with van der Waals surface area (Å²) < 4.78 is 11.1. The monoisotopic (exact) mass is 239 g/mol. The second-order valence-corrected chi connectivity index (χ2v) is 4.74. The van der Waals surface area contributed by atoms with Crippen molar-refractivity contribution in [2.24, 2.45) is 0 Å². The molecule has 1 unspecified atom stereocenters. The average molecular weight is 239 g/mol. The summed E-state index contributed by atoms with van der Waals surface area (Å²) in [6, 6.07) is 2.18. The van der Waals surface area contributed by atoms with E-state index in [0.717, 1.165) is 32.7 Å². The van der Waals surface area contributed by atoms with Crippen molar-refractivity contribution in [2.75, 3.05) is 19.8 Å². The molecule has 0 bridgehead atoms. The number of ether oxygens (including phenoxy) is 2. The van der Waals surface area contributed by atoms with Gasteiger partial charge in [-0.2, -0.15) is 5.26 Å². The van der Waals surface area contributed by atoms with Crippen LogP contribution in [0.2, 0.25) is 0 Å². The lowest BCUT2D eigenvalue weighted by Gasteiger charge is -2.09. The fourth-order valence-corrected chi connectivity index (χ4v) is 2.11. The second-order valence-electron chi connectivity index (χ2n) is 4.74. The van der Waals surface area contributed by atoms with Gasteiger partial charge in [0.2, 0.25) is 0 Å². The zero-order chi connectivity index (χ0) is 12.2. The van der Waals surface area contributed by atoms with Crippen LogP contribution in [0.4, 0.5) is 0 Å². The molecule has 0 aliphatic carbocycles. The molecule has 1 fully saturated rings. The molecule has 0 spiro atoms. The minimum atomic E-state index is 0.362. The van der Waals surface area contributed by atoms with Crippen LogP contribution in [0.3, 0.4) is 0 Å². The Morgan fingerprint density at radius 1 is 1.12 bits per heavy atom. The van der Waals surface area contributed by atoms with Gasteiger partial charge in [-0.3, -0.25) is 0 Å². The molecule has 17 heavy (non-hydrogen) atoms. The highest BCUT2D eigenvalue weighted by molar-refractivity contribution is 4.67. The van der Waals surface area contributed by atoms with Crippen LogP contribution in [0.25, 0.3) is 0 Å². The number of hydrogen-bond acceptors (Lipinski definition) is 3. The topological polar surface area (TPSA) is 42.2 Å². The first-order chi connectivity index (χ1) is 8.43. The number of nitriles is 1. The number of unbranched alkanes of at least 4 members (excludes halogenated alkanes) is 6. The van der Waals surface area contributed by atoms with Gasteiger partial charge < -0.3 is 9.47 Å². The Balaban J connectivity index is 1.71. The van der Waals surface area contributed by atoms with Crippen molar-refractivity contribution >= 4 is 0 Å². The zero-order valence-corrected chi connectivity index (χ0v) is 10.8. The molecule has 0 amide bonds. The average Bonchev–Trinajstić information content (AvgIpc) is 2.85. The van der Waals surface area contributed by atoms with Gasteiger partial charge in [-0.25, -0.2) is 0 Å². The van der Waals surface area contributed by atoms with Crippen LogP contribution in [-0.2, 0) is 9.47 Å². The highest BCUT2D eigenvalue weighted by Crippen LogP contribution is 2.12. The molecule has 1 saturated heterocycles. The van der Waals surface area contributed by atoms with E-state index in [4.69, 9.17) is 14.7 Å². The van der Waals surface area contributed by atoms with Gasteiger partial charge >= 0.3 is 0 Å². The van der Waals surface area contributed by atoms with E-state index in [1.54, 1.807) is 0 Å². The van der Waals surface area contributed by atoms with Crippen molar-refractivity contribution in [3.8, 4) is 6.07 Å². The molecule has 0 N–H and O–H groups in total. The van der Waals surface area contributed by atoms with E-state index in [1.165, 1.54) is 38.5 Å². The van der Waals surface area contributed by atoms with Gasteiger partial charge in [-0.05, 0) is 25.7 Å². The lowest BCUT2D eigenvalue weighted by molar-refractivity contribution is 0.0161. The molecule has 1 rings (SSSR count). The normalized spacial score (nSPS) is 19.4. The van der Waals surface area contributed by atoms with Crippen LogP contribution < -0.4 is 0 Å². The molecule has 1 atom stereocenters. The van der Waals surface area contributed by atoms with E-state index in [-0.39, 0.29) is 0 Å². The minimum absolute atomic E-state index is 0.362. The third-order valence-corrected chi connectivity index (χ3v) is 3.15. The molecule has 3 nitrogen and oxygen atoms in total. The van der Waals surface area contributed by atoms with Gasteiger partial charge in [0, 0.05) is 19.6 Å². The molecule has 0 aromatic rings. The first-order valence-electron chi connectivity index (χ1n) is 7.00. The summed E-state index contributed by atoms with van der Waals surface area (Å²) in [5, 5.41) is 8.38. The summed E-state index contributed by atoms with van der Waals surface area (Å²) in [6.07, 6.45) is 10.6. The maximum absolute atomic E-state index is 8.38. The van der Waals surface area contributed by atoms with E-state index >= 15 is 0 Å². The molecule has 1 heterocycles. The third-order valence-electron chi connectivity index (χ3n) is 3.15. The van der Waals surface area contributed by atoms with Crippen molar-refractivity contribution in [2.45, 2.75) is 63.9 Å². The lowest BCUT2D eigenvalue weighted by atomic mass is 10.1. The van der Waals surface area contributed by atoms with E-state index in [1.807, 2.05) is 0 Å². The smallest absolute Gasteiger partial charge is 0.0809 e. The molecular weight excluding hydrogens is 214 g/mol. The molecule has 3 heteroatoms. The molecule has 0 saturated carbocycles. The SMILES string of the molecule is N#CCCCCCCCCOCC1CCCO1. The highest BCUT2D eigenvalue weighted by atomic mass is 16.5. The van der Waals surface area contributed by atoms with Crippen LogP contribution in [0, 0.1) is 11.3 Å². The lowest BCUT2D eigenvalue weighted by Crippen LogP contribution is -2.14. The Bertz CT molecular complexity index is 207. The predicted octanol–water partition coefficient (Wildman–Crippen LogP) is 3.44. The molecule has 1 aliphatic rings. The number of hydrogen-bond donors (Lipinski definition) is 0. The first-order valence-corrected chi connectivity index (χ1v) is 7.00. The Morgan fingerprint density at radius 2 is 1.88 bits per heavy atom. The Labute approximate surface area is 105 Å². The van der Waals surface area contributed by atoms with Crippen molar-refractivity contribution in [1.29, 1.82) is 5.26 Å². The summed E-state index contributed by atoms with van der Waals surface area (Å²) in [7, 11) is 0. The highest BCUT2D eigenvalue weighted by Gasteiger charge is 2.14. The fourth-order valence-electron chi connectivity index (χ4n) is 2.11. The Kier molecular flexibility index (Phi) is 8.99. The Hall–Kier alpha value is -0.590. The first kappa shape index (κ1) is 14.5. The summed E-state index contributed by atoms with van der Waals surface area (Å²) >= 11 is 0. The fraction of sp³-hybridized carbons (Fsp3) is 0.929. The maximum Gasteiger partial charge on any atom is 0.0809 e. The quantitative estimate of drug-likeness (QED) is 0.548. The number of nitrogens with zero attached hydrogens (tertiary/aromatic N) is 1. The standard InChI is InChI=1S/C14H25NO2/c15-10-6-4-2-1-3-5-7-11-16-13-14-9-8-12-17-14/h14H,1-9,11-13H2. The van der Waals surface area contributed by atoms with Gasteiger partial charge in [-0.1, -0.05) is 25.7 Å². The van der Waals surface area contributed by atoms with Gasteiger partial charge in [0.1, 0.15) is 0 Å². The van der Waals surface area contributed by atoms with E-state index < -0.39 is 0 Å². The molecule has 0 aromatic carbocycles. The van der Waals surface area contributed by atoms with Gasteiger partial charge in [0.25, 0.3) is 0 Å². The van der Waals surface area contributed by atoms with E-state index in [2.05, 4.69) is 6.07 Å². The van der Waals surface area contributed by atoms with E-state index in [0.29, 0.717) is 12.5 Å². The van der Waals surface area contributed by atoms with Gasteiger partial charge in [0.05, 0.1) is 18.8 Å². The van der Waals surface area contributed by atoms with Crippen LogP contribution in [-0.4, -0.2) is 25.9 Å². The van der Waals surface area contributed by atoms with E-state index in [9.17, 15) is 0 Å². The summed E-state index contributed by atoms with van der Waals surface area (Å²) in [4.78, 5) is 0. The van der Waals surface area contributed by atoms with Gasteiger partial charge in [-0.15, -0.1) is 0 Å². The second kappa shape index (κ2) is 10.6. The minimum Gasteiger partial charge on any atom is -0.379 e. The van der Waals surface area contributed by atoms with Crippen molar-refractivity contribution in [3.05, 3.63) is 0 Å². The third kappa shape index (κ3) is 8.18. The summed E-state index contributed by atoms with van der Waals surface area (Å²) in [5.74, 6) is 0. The molecule has 98 valence electrons. The van der Waals surface area contributed by atoms with Crippen molar-refractivity contribution < 1.29 is 9.47 Å². The van der Waals surface area contributed by atoms with Crippen LogP contribution in [0.15, 0.2) is 0 Å². The van der Waals surface area contributed by atoms with Crippen molar-refractivity contribution in [3.63, 3.8) is 0 Å². The molecule has 0 radical (unpaired) electrons. The van der Waals surface area contributed by atoms with Crippen LogP contribution >= 0.6 is 0 Å². The predicted molar refractivity (Wildman–Crippen MR) is 67.7 cm³/mol. The Morgan fingerprint density at radius 3 is 2.59 bits per heavy atom. The molecular formula is C14H25NO2. The van der Waals surface area contributed by atoms with Crippen molar-refractivity contribution in [1.82, 2.24) is 0 Å².